The molecule has 0 aliphatic carbocycles. The Hall–Kier alpha value is -4.01. The van der Waals surface area contributed by atoms with Crippen molar-refractivity contribution in [2.45, 2.75) is 40.2 Å². The van der Waals surface area contributed by atoms with Crippen molar-refractivity contribution in [3.63, 3.8) is 0 Å². The standard InChI is InChI=1S/C25H27N3O6/c1-4-6-13-33-24(31)17-7-10-19(11-8-17)27-22(29)15-34-25(32)18-9-12-21-20(14-18)26-16(3)23(30)28(21)5-2/h7-12,14H,4-6,13,15H2,1-3H3,(H,27,29). The predicted molar refractivity (Wildman–Crippen MR) is 127 cm³/mol. The van der Waals surface area contributed by atoms with E-state index in [1.165, 1.54) is 12.1 Å². The van der Waals surface area contributed by atoms with Crippen LogP contribution < -0.4 is 10.9 Å². The summed E-state index contributed by atoms with van der Waals surface area (Å²) in [6.07, 6.45) is 1.73. The van der Waals surface area contributed by atoms with Crippen LogP contribution >= 0.6 is 0 Å². The average molecular weight is 466 g/mol. The van der Waals surface area contributed by atoms with Crippen LogP contribution in [0.3, 0.4) is 0 Å². The highest BCUT2D eigenvalue weighted by Gasteiger charge is 2.14. The second kappa shape index (κ2) is 11.2. The lowest BCUT2D eigenvalue weighted by Crippen LogP contribution is -2.23. The van der Waals surface area contributed by atoms with E-state index in [9.17, 15) is 19.2 Å². The molecule has 3 aromatic rings. The van der Waals surface area contributed by atoms with Crippen molar-refractivity contribution in [2.75, 3.05) is 18.5 Å². The van der Waals surface area contributed by atoms with Crippen molar-refractivity contribution in [3.05, 3.63) is 69.6 Å². The van der Waals surface area contributed by atoms with Crippen molar-refractivity contribution in [1.82, 2.24) is 9.55 Å². The van der Waals surface area contributed by atoms with Gasteiger partial charge in [-0.15, -0.1) is 0 Å². The van der Waals surface area contributed by atoms with E-state index in [0.717, 1.165) is 12.8 Å². The zero-order valence-corrected chi connectivity index (χ0v) is 19.4. The van der Waals surface area contributed by atoms with Crippen LogP contribution in [0, 0.1) is 6.92 Å². The van der Waals surface area contributed by atoms with Crippen LogP contribution in [-0.2, 0) is 20.8 Å². The Morgan fingerprint density at radius 1 is 0.971 bits per heavy atom. The van der Waals surface area contributed by atoms with E-state index in [4.69, 9.17) is 9.47 Å². The Morgan fingerprint density at radius 3 is 2.32 bits per heavy atom. The molecule has 0 atom stereocenters. The number of ether oxygens (including phenoxy) is 2. The molecule has 1 N–H and O–H groups in total. The number of benzene rings is 2. The lowest BCUT2D eigenvalue weighted by atomic mass is 10.2. The van der Waals surface area contributed by atoms with Gasteiger partial charge in [0.25, 0.3) is 11.5 Å². The molecule has 3 rings (SSSR count). The first-order valence-electron chi connectivity index (χ1n) is 11.1. The maximum absolute atomic E-state index is 12.4. The van der Waals surface area contributed by atoms with Gasteiger partial charge in [-0.3, -0.25) is 9.59 Å². The van der Waals surface area contributed by atoms with E-state index in [2.05, 4.69) is 10.3 Å². The summed E-state index contributed by atoms with van der Waals surface area (Å²) < 4.78 is 11.8. The lowest BCUT2D eigenvalue weighted by Gasteiger charge is -2.10. The van der Waals surface area contributed by atoms with Gasteiger partial charge in [0, 0.05) is 12.2 Å². The summed E-state index contributed by atoms with van der Waals surface area (Å²) >= 11 is 0. The average Bonchev–Trinajstić information content (AvgIpc) is 2.83. The van der Waals surface area contributed by atoms with E-state index in [0.29, 0.717) is 41.1 Å². The zero-order valence-electron chi connectivity index (χ0n) is 19.4. The fourth-order valence-corrected chi connectivity index (χ4v) is 3.31. The molecule has 0 saturated carbocycles. The van der Waals surface area contributed by atoms with Gasteiger partial charge in [-0.05, 0) is 62.7 Å². The molecule has 34 heavy (non-hydrogen) atoms. The van der Waals surface area contributed by atoms with Gasteiger partial charge >= 0.3 is 11.9 Å². The van der Waals surface area contributed by atoms with Gasteiger partial charge in [-0.2, -0.15) is 0 Å². The SMILES string of the molecule is CCCCOC(=O)c1ccc(NC(=O)COC(=O)c2ccc3c(c2)nc(C)c(=O)n3CC)cc1. The van der Waals surface area contributed by atoms with E-state index < -0.39 is 24.5 Å². The van der Waals surface area contributed by atoms with Crippen LogP contribution in [0.25, 0.3) is 11.0 Å². The van der Waals surface area contributed by atoms with Crippen LogP contribution in [-0.4, -0.2) is 40.6 Å². The summed E-state index contributed by atoms with van der Waals surface area (Å²) in [5.41, 5.74) is 2.32. The summed E-state index contributed by atoms with van der Waals surface area (Å²) in [5.74, 6) is -1.63. The molecule has 0 aliphatic rings. The molecule has 0 spiro atoms. The molecule has 178 valence electrons. The first kappa shape index (κ1) is 24.6. The zero-order chi connectivity index (χ0) is 24.7. The summed E-state index contributed by atoms with van der Waals surface area (Å²) in [6, 6.07) is 10.9. The molecule has 9 heteroatoms. The fraction of sp³-hybridized carbons (Fsp3) is 0.320. The lowest BCUT2D eigenvalue weighted by molar-refractivity contribution is -0.119. The molecular formula is C25H27N3O6. The second-order valence-electron chi connectivity index (χ2n) is 7.64. The number of amides is 1. The Morgan fingerprint density at radius 2 is 1.65 bits per heavy atom. The number of carbonyl (C=O) groups excluding carboxylic acids is 3. The first-order valence-corrected chi connectivity index (χ1v) is 11.1. The summed E-state index contributed by atoms with van der Waals surface area (Å²) in [7, 11) is 0. The number of anilines is 1. The van der Waals surface area contributed by atoms with Crippen molar-refractivity contribution < 1.29 is 23.9 Å². The third-order valence-electron chi connectivity index (χ3n) is 5.13. The quantitative estimate of drug-likeness (QED) is 0.380. The largest absolute Gasteiger partial charge is 0.462 e. The number of rotatable bonds is 9. The van der Waals surface area contributed by atoms with Crippen molar-refractivity contribution in [2.24, 2.45) is 0 Å². The highest BCUT2D eigenvalue weighted by molar-refractivity contribution is 5.97. The fourth-order valence-electron chi connectivity index (χ4n) is 3.31. The van der Waals surface area contributed by atoms with Crippen LogP contribution in [0.1, 0.15) is 53.1 Å². The van der Waals surface area contributed by atoms with Crippen LogP contribution in [0.15, 0.2) is 47.3 Å². The van der Waals surface area contributed by atoms with Gasteiger partial charge in [-0.1, -0.05) is 13.3 Å². The number of nitrogens with zero attached hydrogens (tertiary/aromatic N) is 2. The number of aromatic nitrogens is 2. The van der Waals surface area contributed by atoms with Crippen LogP contribution in [0.4, 0.5) is 5.69 Å². The highest BCUT2D eigenvalue weighted by Crippen LogP contribution is 2.15. The van der Waals surface area contributed by atoms with Crippen molar-refractivity contribution in [1.29, 1.82) is 0 Å². The second-order valence-corrected chi connectivity index (χ2v) is 7.64. The normalized spacial score (nSPS) is 10.7. The number of esters is 2. The van der Waals surface area contributed by atoms with Crippen LogP contribution in [0.5, 0.6) is 0 Å². The molecule has 0 aliphatic heterocycles. The predicted octanol–water partition coefficient (Wildman–Crippen LogP) is 3.48. The number of nitrogens with one attached hydrogen (secondary N) is 1. The monoisotopic (exact) mass is 465 g/mol. The number of fused-ring (bicyclic) bond motifs is 1. The van der Waals surface area contributed by atoms with Crippen molar-refractivity contribution in [3.8, 4) is 0 Å². The maximum atomic E-state index is 12.4. The first-order chi connectivity index (χ1) is 16.3. The van der Waals surface area contributed by atoms with Gasteiger partial charge in [0.05, 0.1) is 28.8 Å². The third-order valence-corrected chi connectivity index (χ3v) is 5.13. The molecule has 1 heterocycles. The molecule has 2 aromatic carbocycles. The highest BCUT2D eigenvalue weighted by atomic mass is 16.5. The molecule has 1 amide bonds. The van der Waals surface area contributed by atoms with E-state index in [1.807, 2.05) is 13.8 Å². The van der Waals surface area contributed by atoms with Gasteiger partial charge in [-0.25, -0.2) is 14.6 Å². The smallest absolute Gasteiger partial charge is 0.338 e. The Bertz CT molecular complexity index is 1260. The van der Waals surface area contributed by atoms with E-state index in [-0.39, 0.29) is 11.1 Å². The Kier molecular flexibility index (Phi) is 8.13. The summed E-state index contributed by atoms with van der Waals surface area (Å²) in [6.45, 7) is 5.83. The molecule has 0 radical (unpaired) electrons. The van der Waals surface area contributed by atoms with E-state index >= 15 is 0 Å². The van der Waals surface area contributed by atoms with E-state index in [1.54, 1.807) is 41.8 Å². The Balaban J connectivity index is 1.58. The molecule has 0 saturated heterocycles. The minimum absolute atomic E-state index is 0.177. The number of hydrogen-bond acceptors (Lipinski definition) is 7. The number of unbranched alkanes of at least 4 members (excludes halogenated alkanes) is 1. The van der Waals surface area contributed by atoms with Gasteiger partial charge < -0.3 is 19.4 Å². The van der Waals surface area contributed by atoms with Gasteiger partial charge in [0.2, 0.25) is 0 Å². The molecule has 0 bridgehead atoms. The van der Waals surface area contributed by atoms with Crippen molar-refractivity contribution >= 4 is 34.6 Å². The van der Waals surface area contributed by atoms with Gasteiger partial charge in [0.15, 0.2) is 6.61 Å². The van der Waals surface area contributed by atoms with Gasteiger partial charge in [0.1, 0.15) is 5.69 Å². The number of hydrogen-bond donors (Lipinski definition) is 1. The third kappa shape index (κ3) is 5.86. The minimum atomic E-state index is -0.684. The summed E-state index contributed by atoms with van der Waals surface area (Å²) in [5, 5.41) is 2.61. The van der Waals surface area contributed by atoms with Crippen LogP contribution in [0.2, 0.25) is 0 Å². The summed E-state index contributed by atoms with van der Waals surface area (Å²) in [4.78, 5) is 53.0. The molecular weight excluding hydrogens is 438 g/mol. The minimum Gasteiger partial charge on any atom is -0.462 e. The Labute approximate surface area is 196 Å². The maximum Gasteiger partial charge on any atom is 0.338 e. The number of carbonyl (C=O) groups is 3. The molecule has 1 aromatic heterocycles. The molecule has 9 nitrogen and oxygen atoms in total. The topological polar surface area (TPSA) is 117 Å². The molecule has 0 fully saturated rings. The number of aryl methyl sites for hydroxylation is 2. The molecule has 0 unspecified atom stereocenters.